The van der Waals surface area contributed by atoms with Crippen LogP contribution in [-0.4, -0.2) is 29.7 Å². The number of carbonyl (C=O) groups is 3. The summed E-state index contributed by atoms with van der Waals surface area (Å²) in [5, 5.41) is 11.3. The Morgan fingerprint density at radius 3 is 2.48 bits per heavy atom. The van der Waals surface area contributed by atoms with Crippen LogP contribution in [0.4, 0.5) is 4.79 Å². The van der Waals surface area contributed by atoms with E-state index in [1.54, 1.807) is 18.2 Å². The maximum atomic E-state index is 11.6. The molecule has 114 valence electrons. The number of unbranched alkanes of at least 4 members (excludes halogenated alkanes) is 1. The number of ether oxygens (including phenoxy) is 1. The summed E-state index contributed by atoms with van der Waals surface area (Å²) in [5.74, 6) is -2.42. The Hall–Kier alpha value is -2.37. The van der Waals surface area contributed by atoms with Crippen LogP contribution < -0.4 is 5.32 Å². The van der Waals surface area contributed by atoms with E-state index in [0.29, 0.717) is 6.42 Å². The standard InChI is InChI=1S/C15H19NO5/c1-2-3-7-12(13(17)18)10-16-15(20)21-14(19)11-8-5-4-6-9-11/h4-6,8-9,12H,2-3,7,10H2,1H3,(H,16,20)(H,17,18). The molecule has 1 atom stereocenters. The van der Waals surface area contributed by atoms with Crippen LogP contribution in [0.15, 0.2) is 30.3 Å². The van der Waals surface area contributed by atoms with E-state index in [9.17, 15) is 14.4 Å². The van der Waals surface area contributed by atoms with Crippen LogP contribution >= 0.6 is 0 Å². The number of benzene rings is 1. The van der Waals surface area contributed by atoms with Crippen LogP contribution in [0, 0.1) is 5.92 Å². The lowest BCUT2D eigenvalue weighted by Gasteiger charge is -2.12. The average molecular weight is 293 g/mol. The van der Waals surface area contributed by atoms with Crippen molar-refractivity contribution in [2.45, 2.75) is 26.2 Å². The zero-order valence-corrected chi connectivity index (χ0v) is 11.9. The molecule has 0 radical (unpaired) electrons. The van der Waals surface area contributed by atoms with Crippen molar-refractivity contribution in [3.63, 3.8) is 0 Å². The van der Waals surface area contributed by atoms with Crippen molar-refractivity contribution in [1.82, 2.24) is 5.32 Å². The Morgan fingerprint density at radius 1 is 1.24 bits per heavy atom. The highest BCUT2D eigenvalue weighted by Gasteiger charge is 2.19. The molecule has 0 saturated carbocycles. The van der Waals surface area contributed by atoms with Crippen molar-refractivity contribution in [3.05, 3.63) is 35.9 Å². The van der Waals surface area contributed by atoms with Crippen molar-refractivity contribution in [1.29, 1.82) is 0 Å². The van der Waals surface area contributed by atoms with Gasteiger partial charge in [0.15, 0.2) is 0 Å². The second kappa shape index (κ2) is 8.73. The third-order valence-electron chi connectivity index (χ3n) is 2.94. The van der Waals surface area contributed by atoms with E-state index in [-0.39, 0.29) is 12.1 Å². The maximum Gasteiger partial charge on any atom is 0.415 e. The summed E-state index contributed by atoms with van der Waals surface area (Å²) in [7, 11) is 0. The van der Waals surface area contributed by atoms with E-state index in [1.807, 2.05) is 6.92 Å². The molecular weight excluding hydrogens is 274 g/mol. The first-order chi connectivity index (χ1) is 10.0. The summed E-state index contributed by atoms with van der Waals surface area (Å²) in [5.41, 5.74) is 0.258. The van der Waals surface area contributed by atoms with E-state index in [0.717, 1.165) is 12.8 Å². The van der Waals surface area contributed by atoms with Gasteiger partial charge in [0.05, 0.1) is 11.5 Å². The van der Waals surface area contributed by atoms with Crippen molar-refractivity contribution in [2.75, 3.05) is 6.54 Å². The highest BCUT2D eigenvalue weighted by Crippen LogP contribution is 2.08. The topological polar surface area (TPSA) is 92.7 Å². The summed E-state index contributed by atoms with van der Waals surface area (Å²) >= 11 is 0. The third kappa shape index (κ3) is 6.07. The molecule has 1 unspecified atom stereocenters. The van der Waals surface area contributed by atoms with Gasteiger partial charge < -0.3 is 15.2 Å². The zero-order valence-electron chi connectivity index (χ0n) is 11.9. The number of carboxylic acid groups (broad SMARTS) is 1. The predicted molar refractivity (Wildman–Crippen MR) is 75.9 cm³/mol. The molecule has 0 aliphatic carbocycles. The first-order valence-electron chi connectivity index (χ1n) is 6.82. The number of rotatable bonds is 7. The first kappa shape index (κ1) is 16.7. The van der Waals surface area contributed by atoms with E-state index in [2.05, 4.69) is 10.1 Å². The lowest BCUT2D eigenvalue weighted by atomic mass is 10.0. The lowest BCUT2D eigenvalue weighted by molar-refractivity contribution is -0.141. The molecule has 1 aromatic carbocycles. The minimum Gasteiger partial charge on any atom is -0.481 e. The van der Waals surface area contributed by atoms with Gasteiger partial charge in [-0.3, -0.25) is 4.79 Å². The highest BCUT2D eigenvalue weighted by molar-refractivity contribution is 5.96. The molecule has 21 heavy (non-hydrogen) atoms. The Balaban J connectivity index is 2.42. The molecule has 0 spiro atoms. The molecule has 0 aliphatic rings. The summed E-state index contributed by atoms with van der Waals surface area (Å²) in [4.78, 5) is 34.1. The smallest absolute Gasteiger partial charge is 0.415 e. The molecule has 0 aromatic heterocycles. The van der Waals surface area contributed by atoms with E-state index >= 15 is 0 Å². The lowest BCUT2D eigenvalue weighted by Crippen LogP contribution is -2.34. The van der Waals surface area contributed by atoms with Gasteiger partial charge in [-0.15, -0.1) is 0 Å². The van der Waals surface area contributed by atoms with E-state index < -0.39 is 23.9 Å². The largest absolute Gasteiger partial charge is 0.481 e. The zero-order chi connectivity index (χ0) is 15.7. The number of hydrogen-bond acceptors (Lipinski definition) is 4. The third-order valence-corrected chi connectivity index (χ3v) is 2.94. The molecule has 0 bridgehead atoms. The predicted octanol–water partition coefficient (Wildman–Crippen LogP) is 2.44. The van der Waals surface area contributed by atoms with Gasteiger partial charge in [0, 0.05) is 6.54 Å². The number of amides is 1. The van der Waals surface area contributed by atoms with Gasteiger partial charge in [-0.05, 0) is 18.6 Å². The Kier molecular flexibility index (Phi) is 6.94. The number of alkyl carbamates (subject to hydrolysis) is 1. The van der Waals surface area contributed by atoms with Gasteiger partial charge >= 0.3 is 18.0 Å². The SMILES string of the molecule is CCCCC(CNC(=O)OC(=O)c1ccccc1)C(=O)O. The molecule has 2 N–H and O–H groups in total. The molecule has 1 amide bonds. The first-order valence-corrected chi connectivity index (χ1v) is 6.82. The maximum absolute atomic E-state index is 11.6. The van der Waals surface area contributed by atoms with Gasteiger partial charge in [0.2, 0.25) is 0 Å². The van der Waals surface area contributed by atoms with Crippen molar-refractivity contribution >= 4 is 18.0 Å². The van der Waals surface area contributed by atoms with Crippen molar-refractivity contribution < 1.29 is 24.2 Å². The van der Waals surface area contributed by atoms with Crippen LogP contribution in [0.2, 0.25) is 0 Å². The Labute approximate surface area is 123 Å². The van der Waals surface area contributed by atoms with Gasteiger partial charge in [0.25, 0.3) is 0 Å². The Bertz CT molecular complexity index is 486. The Morgan fingerprint density at radius 2 is 1.90 bits per heavy atom. The van der Waals surface area contributed by atoms with Crippen LogP contribution in [0.25, 0.3) is 0 Å². The van der Waals surface area contributed by atoms with Gasteiger partial charge in [-0.25, -0.2) is 9.59 Å². The highest BCUT2D eigenvalue weighted by atomic mass is 16.6. The monoisotopic (exact) mass is 293 g/mol. The molecule has 6 heteroatoms. The molecule has 0 heterocycles. The molecule has 0 fully saturated rings. The molecule has 1 rings (SSSR count). The fraction of sp³-hybridized carbons (Fsp3) is 0.400. The van der Waals surface area contributed by atoms with E-state index in [4.69, 9.17) is 5.11 Å². The van der Waals surface area contributed by atoms with Crippen molar-refractivity contribution in [3.8, 4) is 0 Å². The van der Waals surface area contributed by atoms with Gasteiger partial charge in [0.1, 0.15) is 0 Å². The second-order valence-corrected chi connectivity index (χ2v) is 4.60. The fourth-order valence-corrected chi connectivity index (χ4v) is 1.72. The molecule has 1 aromatic rings. The summed E-state index contributed by atoms with van der Waals surface area (Å²) in [6.45, 7) is 1.90. The molecule has 6 nitrogen and oxygen atoms in total. The van der Waals surface area contributed by atoms with Crippen LogP contribution in [0.1, 0.15) is 36.5 Å². The average Bonchev–Trinajstić information content (AvgIpc) is 2.47. The minimum absolute atomic E-state index is 0.0593. The summed E-state index contributed by atoms with van der Waals surface area (Å²) in [6.07, 6.45) is 1.17. The second-order valence-electron chi connectivity index (χ2n) is 4.60. The number of nitrogens with one attached hydrogen (secondary N) is 1. The fourth-order valence-electron chi connectivity index (χ4n) is 1.72. The molecule has 0 saturated heterocycles. The number of aliphatic carboxylic acids is 1. The number of carbonyl (C=O) groups excluding carboxylic acids is 2. The van der Waals surface area contributed by atoms with Crippen LogP contribution in [0.5, 0.6) is 0 Å². The van der Waals surface area contributed by atoms with E-state index in [1.165, 1.54) is 12.1 Å². The van der Waals surface area contributed by atoms with Gasteiger partial charge in [-0.1, -0.05) is 38.0 Å². The molecular formula is C15H19NO5. The quantitative estimate of drug-likeness (QED) is 0.595. The minimum atomic E-state index is -0.974. The number of esters is 1. The van der Waals surface area contributed by atoms with Crippen LogP contribution in [0.3, 0.4) is 0 Å². The summed E-state index contributed by atoms with van der Waals surface area (Å²) < 4.78 is 4.59. The van der Waals surface area contributed by atoms with Crippen molar-refractivity contribution in [2.24, 2.45) is 5.92 Å². The van der Waals surface area contributed by atoms with Crippen LogP contribution in [-0.2, 0) is 9.53 Å². The number of hydrogen-bond donors (Lipinski definition) is 2. The summed E-state index contributed by atoms with van der Waals surface area (Å²) in [6, 6.07) is 8.09. The molecule has 0 aliphatic heterocycles. The number of carboxylic acids is 1. The van der Waals surface area contributed by atoms with Gasteiger partial charge in [-0.2, -0.15) is 0 Å². The normalized spacial score (nSPS) is 11.5.